The summed E-state index contributed by atoms with van der Waals surface area (Å²) in [4.78, 5) is 27.5. The molecule has 34 heavy (non-hydrogen) atoms. The molecule has 0 saturated heterocycles. The normalized spacial score (nSPS) is 13.9. The van der Waals surface area contributed by atoms with Crippen molar-refractivity contribution in [3.8, 4) is 11.4 Å². The fourth-order valence-electron chi connectivity index (χ4n) is 4.20. The zero-order valence-corrected chi connectivity index (χ0v) is 20.4. The van der Waals surface area contributed by atoms with Gasteiger partial charge < -0.3 is 10.3 Å². The van der Waals surface area contributed by atoms with E-state index >= 15 is 0 Å². The Hall–Kier alpha value is -3.05. The molecule has 2 aromatic heterocycles. The number of aromatic amines is 1. The number of fused-ring (bicyclic) bond motifs is 2. The van der Waals surface area contributed by atoms with Crippen LogP contribution in [0.5, 0.6) is 0 Å². The lowest BCUT2D eigenvalue weighted by atomic mass is 9.95. The molecule has 1 aliphatic carbocycles. The number of imidazole rings is 1. The molecule has 0 unspecified atom stereocenters. The number of carbonyl (C=O) groups excluding carboxylic acids is 1. The third-order valence-corrected chi connectivity index (χ3v) is 8.90. The summed E-state index contributed by atoms with van der Waals surface area (Å²) >= 11 is 1.57. The maximum Gasteiger partial charge on any atom is 0.264 e. The highest BCUT2D eigenvalue weighted by Gasteiger charge is 2.26. The number of aryl methyl sites for hydroxylation is 1. The van der Waals surface area contributed by atoms with E-state index in [-0.39, 0.29) is 16.4 Å². The number of rotatable bonds is 6. The Balaban J connectivity index is 1.53. The monoisotopic (exact) mass is 496 g/mol. The SMILES string of the molecule is CON(C)S(=O)(=O)c1cccc(C(=O)Nc2sc3c(c2-c2nc4ccccc4[nH]2)CCCC3)c1. The molecule has 0 radical (unpaired) electrons. The van der Waals surface area contributed by atoms with Crippen LogP contribution in [-0.2, 0) is 27.7 Å². The molecule has 2 aromatic carbocycles. The van der Waals surface area contributed by atoms with E-state index in [1.54, 1.807) is 23.5 Å². The van der Waals surface area contributed by atoms with Gasteiger partial charge in [-0.3, -0.25) is 9.63 Å². The first-order valence-electron chi connectivity index (χ1n) is 10.9. The number of hydrogen-bond acceptors (Lipinski definition) is 6. The third-order valence-electron chi connectivity index (χ3n) is 6.01. The minimum absolute atomic E-state index is 0.0209. The third kappa shape index (κ3) is 4.03. The van der Waals surface area contributed by atoms with E-state index < -0.39 is 10.0 Å². The zero-order valence-electron chi connectivity index (χ0n) is 18.8. The molecule has 1 aliphatic rings. The number of anilines is 1. The van der Waals surface area contributed by atoms with E-state index in [4.69, 9.17) is 9.82 Å². The Labute approximate surface area is 201 Å². The van der Waals surface area contributed by atoms with Gasteiger partial charge >= 0.3 is 0 Å². The van der Waals surface area contributed by atoms with Gasteiger partial charge in [-0.25, -0.2) is 13.4 Å². The van der Waals surface area contributed by atoms with Crippen LogP contribution in [0, 0.1) is 0 Å². The Bertz CT molecular complexity index is 1460. The summed E-state index contributed by atoms with van der Waals surface area (Å²) in [5, 5.41) is 3.75. The molecule has 2 heterocycles. The molecule has 0 atom stereocenters. The van der Waals surface area contributed by atoms with Crippen molar-refractivity contribution in [1.82, 2.24) is 14.4 Å². The smallest absolute Gasteiger partial charge is 0.264 e. The molecule has 176 valence electrons. The van der Waals surface area contributed by atoms with Crippen molar-refractivity contribution >= 4 is 43.3 Å². The predicted molar refractivity (Wildman–Crippen MR) is 132 cm³/mol. The number of amides is 1. The van der Waals surface area contributed by atoms with Crippen molar-refractivity contribution in [2.75, 3.05) is 19.5 Å². The highest BCUT2D eigenvalue weighted by Crippen LogP contribution is 2.43. The van der Waals surface area contributed by atoms with Gasteiger partial charge in [0, 0.05) is 17.5 Å². The van der Waals surface area contributed by atoms with Gasteiger partial charge in [-0.2, -0.15) is 0 Å². The first-order valence-corrected chi connectivity index (χ1v) is 13.2. The van der Waals surface area contributed by atoms with Crippen LogP contribution in [0.25, 0.3) is 22.4 Å². The fraction of sp³-hybridized carbons (Fsp3) is 0.250. The average molecular weight is 497 g/mol. The first kappa shape index (κ1) is 22.7. The predicted octanol–water partition coefficient (Wildman–Crippen LogP) is 4.60. The molecule has 5 rings (SSSR count). The second kappa shape index (κ2) is 8.95. The van der Waals surface area contributed by atoms with Crippen molar-refractivity contribution in [2.24, 2.45) is 0 Å². The first-order chi connectivity index (χ1) is 16.4. The molecule has 8 nitrogen and oxygen atoms in total. The fourth-order valence-corrected chi connectivity index (χ4v) is 6.50. The van der Waals surface area contributed by atoms with E-state index in [2.05, 4.69) is 10.3 Å². The lowest BCUT2D eigenvalue weighted by Crippen LogP contribution is -2.26. The summed E-state index contributed by atoms with van der Waals surface area (Å²) < 4.78 is 26.0. The highest BCUT2D eigenvalue weighted by atomic mass is 32.2. The topological polar surface area (TPSA) is 104 Å². The van der Waals surface area contributed by atoms with E-state index in [9.17, 15) is 13.2 Å². The largest absolute Gasteiger partial charge is 0.338 e. The Morgan fingerprint density at radius 3 is 2.74 bits per heavy atom. The standard InChI is InChI=1S/C24H24N4O4S2/c1-28(32-2)34(30,31)16-9-7-8-15(14-16)23(29)27-24-21(17-10-3-6-13-20(17)33-24)22-25-18-11-4-5-12-19(18)26-22/h4-5,7-9,11-12,14H,3,6,10,13H2,1-2H3,(H,25,26)(H,27,29). The van der Waals surface area contributed by atoms with Crippen LogP contribution >= 0.6 is 11.3 Å². The number of nitrogens with zero attached hydrogens (tertiary/aromatic N) is 2. The summed E-state index contributed by atoms with van der Waals surface area (Å²) in [6, 6.07) is 13.8. The summed E-state index contributed by atoms with van der Waals surface area (Å²) in [5.74, 6) is 0.349. The quantitative estimate of drug-likeness (QED) is 0.380. The van der Waals surface area contributed by atoms with Gasteiger partial charge in [-0.1, -0.05) is 22.7 Å². The van der Waals surface area contributed by atoms with Gasteiger partial charge in [0.2, 0.25) is 0 Å². The number of hydroxylamine groups is 1. The van der Waals surface area contributed by atoms with E-state index in [0.717, 1.165) is 57.6 Å². The van der Waals surface area contributed by atoms with Gasteiger partial charge in [-0.05, 0) is 61.6 Å². The van der Waals surface area contributed by atoms with Crippen LogP contribution < -0.4 is 5.32 Å². The van der Waals surface area contributed by atoms with Crippen LogP contribution in [0.1, 0.15) is 33.6 Å². The minimum atomic E-state index is -3.87. The lowest BCUT2D eigenvalue weighted by molar-refractivity contribution is -0.0258. The molecule has 4 aromatic rings. The van der Waals surface area contributed by atoms with Crippen LogP contribution in [0.4, 0.5) is 5.00 Å². The second-order valence-corrected chi connectivity index (χ2v) is 11.1. The number of aromatic nitrogens is 2. The number of thiophene rings is 1. The van der Waals surface area contributed by atoms with Crippen molar-refractivity contribution in [2.45, 2.75) is 30.6 Å². The van der Waals surface area contributed by atoms with Crippen molar-refractivity contribution in [3.05, 3.63) is 64.5 Å². The summed E-state index contributed by atoms with van der Waals surface area (Å²) in [6.45, 7) is 0. The number of benzene rings is 2. The number of nitrogens with one attached hydrogen (secondary N) is 2. The molecule has 0 saturated carbocycles. The Morgan fingerprint density at radius 1 is 1.15 bits per heavy atom. The maximum absolute atomic E-state index is 13.2. The number of hydrogen-bond donors (Lipinski definition) is 2. The Kier molecular flexibility index (Phi) is 5.98. The molecule has 0 aliphatic heterocycles. The van der Waals surface area contributed by atoms with Gasteiger partial charge in [0.15, 0.2) is 0 Å². The molecule has 0 bridgehead atoms. The summed E-state index contributed by atoms with van der Waals surface area (Å²) in [5.41, 5.74) is 4.19. The van der Waals surface area contributed by atoms with Crippen molar-refractivity contribution in [1.29, 1.82) is 0 Å². The van der Waals surface area contributed by atoms with Crippen LogP contribution in [0.15, 0.2) is 53.4 Å². The Morgan fingerprint density at radius 2 is 1.94 bits per heavy atom. The van der Waals surface area contributed by atoms with Crippen LogP contribution in [0.2, 0.25) is 0 Å². The second-order valence-electron chi connectivity index (χ2n) is 8.10. The number of carbonyl (C=O) groups is 1. The average Bonchev–Trinajstić information content (AvgIpc) is 3.44. The number of H-pyrrole nitrogens is 1. The van der Waals surface area contributed by atoms with Gasteiger partial charge in [-0.15, -0.1) is 11.3 Å². The zero-order chi connectivity index (χ0) is 23.9. The molecule has 0 fully saturated rings. The molecular formula is C24H24N4O4S2. The summed E-state index contributed by atoms with van der Waals surface area (Å²) in [7, 11) is -1.29. The van der Waals surface area contributed by atoms with Crippen LogP contribution in [-0.4, -0.2) is 42.9 Å². The summed E-state index contributed by atoms with van der Waals surface area (Å²) in [6.07, 6.45) is 4.12. The highest BCUT2D eigenvalue weighted by molar-refractivity contribution is 7.89. The van der Waals surface area contributed by atoms with Crippen LogP contribution in [0.3, 0.4) is 0 Å². The molecule has 10 heteroatoms. The maximum atomic E-state index is 13.2. The van der Waals surface area contributed by atoms with Gasteiger partial charge in [0.05, 0.1) is 28.6 Å². The van der Waals surface area contributed by atoms with Crippen molar-refractivity contribution < 1.29 is 18.0 Å². The minimum Gasteiger partial charge on any atom is -0.338 e. The molecule has 1 amide bonds. The van der Waals surface area contributed by atoms with E-state index in [1.807, 2.05) is 24.3 Å². The number of para-hydroxylation sites is 2. The van der Waals surface area contributed by atoms with E-state index in [0.29, 0.717) is 0 Å². The molecular weight excluding hydrogens is 472 g/mol. The molecule has 2 N–H and O–H groups in total. The lowest BCUT2D eigenvalue weighted by Gasteiger charge is -2.14. The molecule has 0 spiro atoms. The van der Waals surface area contributed by atoms with Gasteiger partial charge in [0.1, 0.15) is 10.8 Å². The number of sulfonamides is 1. The van der Waals surface area contributed by atoms with Crippen molar-refractivity contribution in [3.63, 3.8) is 0 Å². The van der Waals surface area contributed by atoms with Gasteiger partial charge in [0.25, 0.3) is 15.9 Å². The van der Waals surface area contributed by atoms with E-state index in [1.165, 1.54) is 36.7 Å².